The van der Waals surface area contributed by atoms with E-state index in [1.54, 1.807) is 27.4 Å². The zero-order chi connectivity index (χ0) is 14.6. The zero-order valence-electron chi connectivity index (χ0n) is 12.3. The Labute approximate surface area is 119 Å². The van der Waals surface area contributed by atoms with Crippen molar-refractivity contribution in [3.05, 3.63) is 11.9 Å². The van der Waals surface area contributed by atoms with Gasteiger partial charge in [0.25, 0.3) is 0 Å². The van der Waals surface area contributed by atoms with Gasteiger partial charge in [0.05, 0.1) is 6.61 Å². The van der Waals surface area contributed by atoms with Gasteiger partial charge in [0.2, 0.25) is 5.88 Å². The van der Waals surface area contributed by atoms with Gasteiger partial charge in [-0.2, -0.15) is 4.98 Å². The van der Waals surface area contributed by atoms with Crippen molar-refractivity contribution in [3.63, 3.8) is 0 Å². The Morgan fingerprint density at radius 3 is 2.50 bits per heavy atom. The van der Waals surface area contributed by atoms with Crippen molar-refractivity contribution in [3.8, 4) is 5.88 Å². The number of aromatic nitrogens is 2. The number of ether oxygens (including phenoxy) is 4. The van der Waals surface area contributed by atoms with Crippen LogP contribution in [0.2, 0.25) is 0 Å². The Hall–Kier alpha value is -1.44. The Kier molecular flexibility index (Phi) is 8.61. The monoisotopic (exact) mass is 285 g/mol. The van der Waals surface area contributed by atoms with Gasteiger partial charge < -0.3 is 24.3 Å². The molecule has 7 heteroatoms. The second-order valence-corrected chi connectivity index (χ2v) is 4.06. The molecule has 0 saturated carbocycles. The SMILES string of the molecule is COCCCNc1cc(OCCOC)nc(COC)n1. The van der Waals surface area contributed by atoms with Crippen LogP contribution in [-0.4, -0.2) is 57.7 Å². The van der Waals surface area contributed by atoms with Gasteiger partial charge in [0, 0.05) is 40.5 Å². The first kappa shape index (κ1) is 16.6. The summed E-state index contributed by atoms with van der Waals surface area (Å²) in [6.45, 7) is 2.78. The minimum Gasteiger partial charge on any atom is -0.475 e. The Morgan fingerprint density at radius 1 is 1.00 bits per heavy atom. The van der Waals surface area contributed by atoms with Crippen LogP contribution in [0.3, 0.4) is 0 Å². The molecule has 0 atom stereocenters. The third-order valence-electron chi connectivity index (χ3n) is 2.39. The summed E-state index contributed by atoms with van der Waals surface area (Å²) in [5.41, 5.74) is 0. The molecule has 114 valence electrons. The molecular weight excluding hydrogens is 262 g/mol. The summed E-state index contributed by atoms with van der Waals surface area (Å²) in [7, 11) is 4.92. The summed E-state index contributed by atoms with van der Waals surface area (Å²) in [6.07, 6.45) is 0.903. The third kappa shape index (κ3) is 6.65. The number of rotatable bonds is 11. The van der Waals surface area contributed by atoms with Gasteiger partial charge in [0.1, 0.15) is 19.0 Å². The molecule has 0 radical (unpaired) electrons. The number of methoxy groups -OCH3 is 3. The van der Waals surface area contributed by atoms with Gasteiger partial charge in [-0.25, -0.2) is 4.98 Å². The van der Waals surface area contributed by atoms with Crippen molar-refractivity contribution < 1.29 is 18.9 Å². The van der Waals surface area contributed by atoms with Crippen molar-refractivity contribution in [2.24, 2.45) is 0 Å². The fourth-order valence-electron chi connectivity index (χ4n) is 1.49. The van der Waals surface area contributed by atoms with E-state index < -0.39 is 0 Å². The summed E-state index contributed by atoms with van der Waals surface area (Å²) in [5.74, 6) is 1.81. The molecule has 0 amide bonds. The molecule has 7 nitrogen and oxygen atoms in total. The highest BCUT2D eigenvalue weighted by molar-refractivity contribution is 5.38. The predicted octanol–water partition coefficient (Wildman–Crippen LogP) is 1.10. The molecule has 20 heavy (non-hydrogen) atoms. The normalized spacial score (nSPS) is 10.6. The van der Waals surface area contributed by atoms with Gasteiger partial charge in [-0.3, -0.25) is 0 Å². The van der Waals surface area contributed by atoms with Gasteiger partial charge in [-0.05, 0) is 6.42 Å². The van der Waals surface area contributed by atoms with Crippen LogP contribution in [0, 0.1) is 0 Å². The standard InChI is InChI=1S/C13H23N3O4/c1-17-6-4-5-14-11-9-13(20-8-7-18-2)16-12(15-11)10-19-3/h9H,4-8,10H2,1-3H3,(H,14,15,16). The van der Waals surface area contributed by atoms with Crippen LogP contribution in [0.1, 0.15) is 12.2 Å². The van der Waals surface area contributed by atoms with Crippen LogP contribution in [0.15, 0.2) is 6.07 Å². The van der Waals surface area contributed by atoms with Crippen molar-refractivity contribution in [1.29, 1.82) is 0 Å². The maximum atomic E-state index is 5.51. The zero-order valence-corrected chi connectivity index (χ0v) is 12.3. The number of nitrogens with zero attached hydrogens (tertiary/aromatic N) is 2. The molecule has 0 fully saturated rings. The highest BCUT2D eigenvalue weighted by Crippen LogP contribution is 2.14. The number of hydrogen-bond acceptors (Lipinski definition) is 7. The fourth-order valence-corrected chi connectivity index (χ4v) is 1.49. The first-order valence-corrected chi connectivity index (χ1v) is 6.51. The maximum Gasteiger partial charge on any atom is 0.218 e. The topological polar surface area (TPSA) is 74.7 Å². The number of nitrogens with one attached hydrogen (secondary N) is 1. The van der Waals surface area contributed by atoms with Crippen LogP contribution in [-0.2, 0) is 20.8 Å². The first-order chi connectivity index (χ1) is 9.80. The van der Waals surface area contributed by atoms with Gasteiger partial charge in [-0.15, -0.1) is 0 Å². The lowest BCUT2D eigenvalue weighted by atomic mass is 10.4. The quantitative estimate of drug-likeness (QED) is 0.610. The van der Waals surface area contributed by atoms with E-state index in [1.165, 1.54) is 0 Å². The summed E-state index contributed by atoms with van der Waals surface area (Å²) in [4.78, 5) is 8.61. The van der Waals surface area contributed by atoms with Gasteiger partial charge in [-0.1, -0.05) is 0 Å². The average Bonchev–Trinajstić information content (AvgIpc) is 2.44. The summed E-state index contributed by atoms with van der Waals surface area (Å²) in [6, 6.07) is 1.77. The van der Waals surface area contributed by atoms with Crippen LogP contribution < -0.4 is 10.1 Å². The second kappa shape index (κ2) is 10.4. The molecule has 0 aromatic carbocycles. The number of anilines is 1. The molecule has 0 aliphatic rings. The average molecular weight is 285 g/mol. The molecule has 1 aromatic rings. The maximum absolute atomic E-state index is 5.51. The van der Waals surface area contributed by atoms with Crippen molar-refractivity contribution >= 4 is 5.82 Å². The lowest BCUT2D eigenvalue weighted by molar-refractivity contribution is 0.142. The van der Waals surface area contributed by atoms with Gasteiger partial charge in [0.15, 0.2) is 5.82 Å². The van der Waals surface area contributed by atoms with Crippen LogP contribution in [0.5, 0.6) is 5.88 Å². The van der Waals surface area contributed by atoms with Crippen LogP contribution in [0.25, 0.3) is 0 Å². The van der Waals surface area contributed by atoms with Gasteiger partial charge >= 0.3 is 0 Å². The highest BCUT2D eigenvalue weighted by atomic mass is 16.5. The predicted molar refractivity (Wildman–Crippen MR) is 75.1 cm³/mol. The Bertz CT molecular complexity index is 377. The van der Waals surface area contributed by atoms with E-state index in [-0.39, 0.29) is 0 Å². The van der Waals surface area contributed by atoms with E-state index in [0.29, 0.717) is 38.1 Å². The summed E-state index contributed by atoms with van der Waals surface area (Å²) < 4.78 is 20.5. The van der Waals surface area contributed by atoms with Crippen molar-refractivity contribution in [1.82, 2.24) is 9.97 Å². The van der Waals surface area contributed by atoms with Crippen molar-refractivity contribution in [2.45, 2.75) is 13.0 Å². The van der Waals surface area contributed by atoms with Crippen molar-refractivity contribution in [2.75, 3.05) is 53.0 Å². The highest BCUT2D eigenvalue weighted by Gasteiger charge is 2.05. The molecule has 1 heterocycles. The molecular formula is C13H23N3O4. The fraction of sp³-hybridized carbons (Fsp3) is 0.692. The minimum atomic E-state index is 0.341. The van der Waals surface area contributed by atoms with E-state index in [1.807, 2.05) is 0 Å². The van der Waals surface area contributed by atoms with E-state index >= 15 is 0 Å². The Balaban J connectivity index is 2.60. The van der Waals surface area contributed by atoms with E-state index in [9.17, 15) is 0 Å². The molecule has 0 unspecified atom stereocenters. The second-order valence-electron chi connectivity index (χ2n) is 4.06. The van der Waals surface area contributed by atoms with E-state index in [2.05, 4.69) is 15.3 Å². The molecule has 0 saturated heterocycles. The molecule has 0 bridgehead atoms. The lowest BCUT2D eigenvalue weighted by Gasteiger charge is -2.10. The minimum absolute atomic E-state index is 0.341. The third-order valence-corrected chi connectivity index (χ3v) is 2.39. The first-order valence-electron chi connectivity index (χ1n) is 6.51. The smallest absolute Gasteiger partial charge is 0.218 e. The molecule has 0 aliphatic heterocycles. The Morgan fingerprint density at radius 2 is 1.80 bits per heavy atom. The van der Waals surface area contributed by atoms with E-state index in [0.717, 1.165) is 18.8 Å². The lowest BCUT2D eigenvalue weighted by Crippen LogP contribution is -2.11. The largest absolute Gasteiger partial charge is 0.475 e. The molecule has 0 spiro atoms. The van der Waals surface area contributed by atoms with E-state index in [4.69, 9.17) is 18.9 Å². The molecule has 1 rings (SSSR count). The van der Waals surface area contributed by atoms with Crippen LogP contribution in [0.4, 0.5) is 5.82 Å². The summed E-state index contributed by atoms with van der Waals surface area (Å²) >= 11 is 0. The molecule has 1 aromatic heterocycles. The number of hydrogen-bond donors (Lipinski definition) is 1. The summed E-state index contributed by atoms with van der Waals surface area (Å²) in [5, 5.41) is 3.21. The molecule has 0 aliphatic carbocycles. The van der Waals surface area contributed by atoms with Crippen LogP contribution >= 0.6 is 0 Å². The molecule has 1 N–H and O–H groups in total.